The first-order valence-corrected chi connectivity index (χ1v) is 8.59. The molecule has 7 nitrogen and oxygen atoms in total. The topological polar surface area (TPSA) is 72.4 Å². The Hall–Kier alpha value is -2.70. The summed E-state index contributed by atoms with van der Waals surface area (Å²) >= 11 is 0. The molecule has 0 saturated heterocycles. The summed E-state index contributed by atoms with van der Waals surface area (Å²) < 4.78 is 10.6. The second-order valence-electron chi connectivity index (χ2n) is 6.34. The van der Waals surface area contributed by atoms with E-state index in [4.69, 9.17) is 14.3 Å². The van der Waals surface area contributed by atoms with Gasteiger partial charge in [-0.3, -0.25) is 0 Å². The van der Waals surface area contributed by atoms with Crippen LogP contribution in [0, 0.1) is 0 Å². The SMILES string of the molecule is C=CCN(CC1CC(c2ccc(OC)c(OC)c2)=NO1)C(=O)NC(C)C. The van der Waals surface area contributed by atoms with Crippen LogP contribution in [-0.2, 0) is 4.84 Å². The summed E-state index contributed by atoms with van der Waals surface area (Å²) in [6.45, 7) is 8.45. The second-order valence-corrected chi connectivity index (χ2v) is 6.34. The van der Waals surface area contributed by atoms with Crippen LogP contribution in [0.25, 0.3) is 0 Å². The number of methoxy groups -OCH3 is 2. The molecule has 1 N–H and O–H groups in total. The first-order valence-electron chi connectivity index (χ1n) is 8.59. The van der Waals surface area contributed by atoms with Crippen molar-refractivity contribution in [2.45, 2.75) is 32.4 Å². The summed E-state index contributed by atoms with van der Waals surface area (Å²) in [6, 6.07) is 5.56. The molecule has 0 aliphatic carbocycles. The molecule has 1 aromatic rings. The van der Waals surface area contributed by atoms with Crippen molar-refractivity contribution in [3.05, 3.63) is 36.4 Å². The van der Waals surface area contributed by atoms with Crippen LogP contribution < -0.4 is 14.8 Å². The van der Waals surface area contributed by atoms with E-state index in [1.54, 1.807) is 25.2 Å². The van der Waals surface area contributed by atoms with Crippen LogP contribution >= 0.6 is 0 Å². The third-order valence-corrected chi connectivity index (χ3v) is 3.92. The number of amides is 2. The highest BCUT2D eigenvalue weighted by Gasteiger charge is 2.27. The minimum absolute atomic E-state index is 0.0675. The molecule has 0 aromatic heterocycles. The van der Waals surface area contributed by atoms with Gasteiger partial charge in [0.05, 0.1) is 26.5 Å². The van der Waals surface area contributed by atoms with Crippen LogP contribution in [0.5, 0.6) is 11.5 Å². The Balaban J connectivity index is 2.02. The first-order chi connectivity index (χ1) is 12.5. The van der Waals surface area contributed by atoms with E-state index in [0.717, 1.165) is 11.3 Å². The minimum atomic E-state index is -0.198. The maximum absolute atomic E-state index is 12.3. The van der Waals surface area contributed by atoms with Crippen LogP contribution in [0.2, 0.25) is 0 Å². The third-order valence-electron chi connectivity index (χ3n) is 3.92. The smallest absolute Gasteiger partial charge is 0.318 e. The molecular weight excluding hydrogens is 334 g/mol. The Kier molecular flexibility index (Phi) is 6.89. The number of hydrogen-bond donors (Lipinski definition) is 1. The molecule has 142 valence electrons. The molecule has 0 spiro atoms. The third kappa shape index (κ3) is 4.91. The van der Waals surface area contributed by atoms with Gasteiger partial charge < -0.3 is 24.5 Å². The lowest BCUT2D eigenvalue weighted by atomic mass is 10.0. The van der Waals surface area contributed by atoms with Gasteiger partial charge in [0.2, 0.25) is 0 Å². The molecule has 0 bridgehead atoms. The van der Waals surface area contributed by atoms with Crippen molar-refractivity contribution >= 4 is 11.7 Å². The van der Waals surface area contributed by atoms with Crippen LogP contribution in [-0.4, -0.2) is 56.1 Å². The van der Waals surface area contributed by atoms with Crippen LogP contribution in [0.1, 0.15) is 25.8 Å². The molecule has 2 amide bonds. The minimum Gasteiger partial charge on any atom is -0.493 e. The predicted molar refractivity (Wildman–Crippen MR) is 101 cm³/mol. The van der Waals surface area contributed by atoms with E-state index in [1.165, 1.54) is 0 Å². The van der Waals surface area contributed by atoms with Gasteiger partial charge >= 0.3 is 6.03 Å². The lowest BCUT2D eigenvalue weighted by Crippen LogP contribution is -2.46. The quantitative estimate of drug-likeness (QED) is 0.723. The van der Waals surface area contributed by atoms with Gasteiger partial charge in [-0.05, 0) is 32.0 Å². The number of nitrogens with one attached hydrogen (secondary N) is 1. The van der Waals surface area contributed by atoms with Crippen molar-refractivity contribution in [1.29, 1.82) is 0 Å². The standard InChI is InChI=1S/C19H27N3O4/c1-6-9-22(19(23)20-13(2)3)12-15-11-16(21-26-15)14-7-8-17(24-4)18(10-14)25-5/h6-8,10,13,15H,1,9,11-12H2,2-5H3,(H,20,23). The molecular formula is C19H27N3O4. The van der Waals surface area contributed by atoms with Crippen LogP contribution in [0.3, 0.4) is 0 Å². The van der Waals surface area contributed by atoms with Crippen molar-refractivity contribution < 1.29 is 19.1 Å². The Bertz CT molecular complexity index is 673. The Morgan fingerprint density at radius 1 is 1.42 bits per heavy atom. The largest absolute Gasteiger partial charge is 0.493 e. The number of rotatable bonds is 8. The van der Waals surface area contributed by atoms with Crippen LogP contribution in [0.4, 0.5) is 4.79 Å². The maximum atomic E-state index is 12.3. The van der Waals surface area contributed by atoms with Gasteiger partial charge in [-0.2, -0.15) is 0 Å². The number of oxime groups is 1. The highest BCUT2D eigenvalue weighted by atomic mass is 16.6. The summed E-state index contributed by atoms with van der Waals surface area (Å²) in [6.07, 6.45) is 2.11. The number of benzene rings is 1. The van der Waals surface area contributed by atoms with Gasteiger partial charge in [-0.15, -0.1) is 6.58 Å². The summed E-state index contributed by atoms with van der Waals surface area (Å²) in [7, 11) is 3.19. The van der Waals surface area contributed by atoms with Crippen LogP contribution in [0.15, 0.2) is 36.0 Å². The van der Waals surface area contributed by atoms with E-state index in [0.29, 0.717) is 31.0 Å². The fraction of sp³-hybridized carbons (Fsp3) is 0.474. The van der Waals surface area contributed by atoms with Crippen molar-refractivity contribution in [3.63, 3.8) is 0 Å². The van der Waals surface area contributed by atoms with Gasteiger partial charge in [0.1, 0.15) is 0 Å². The van der Waals surface area contributed by atoms with Gasteiger partial charge in [0, 0.05) is 24.6 Å². The zero-order chi connectivity index (χ0) is 19.1. The highest BCUT2D eigenvalue weighted by molar-refractivity contribution is 6.01. The van der Waals surface area contributed by atoms with Gasteiger partial charge in [-0.25, -0.2) is 4.79 Å². The number of hydrogen-bond acceptors (Lipinski definition) is 5. The fourth-order valence-corrected chi connectivity index (χ4v) is 2.69. The van der Waals surface area contributed by atoms with E-state index in [1.807, 2.05) is 32.0 Å². The second kappa shape index (κ2) is 9.12. The van der Waals surface area contributed by atoms with E-state index in [9.17, 15) is 4.79 Å². The number of ether oxygens (including phenoxy) is 2. The van der Waals surface area contributed by atoms with Gasteiger partial charge in [-0.1, -0.05) is 11.2 Å². The molecule has 1 atom stereocenters. The van der Waals surface area contributed by atoms with Crippen molar-refractivity contribution in [3.8, 4) is 11.5 Å². The number of nitrogens with zero attached hydrogens (tertiary/aromatic N) is 2. The van der Waals surface area contributed by atoms with Gasteiger partial charge in [0.15, 0.2) is 17.6 Å². The van der Waals surface area contributed by atoms with E-state index in [-0.39, 0.29) is 18.2 Å². The molecule has 26 heavy (non-hydrogen) atoms. The molecule has 1 aromatic carbocycles. The highest BCUT2D eigenvalue weighted by Crippen LogP contribution is 2.29. The molecule has 2 rings (SSSR count). The zero-order valence-corrected chi connectivity index (χ0v) is 15.8. The average Bonchev–Trinajstić information content (AvgIpc) is 3.08. The molecule has 1 unspecified atom stereocenters. The van der Waals surface area contributed by atoms with Crippen molar-refractivity contribution in [2.75, 3.05) is 27.3 Å². The van der Waals surface area contributed by atoms with Crippen molar-refractivity contribution in [2.24, 2.45) is 5.16 Å². The Morgan fingerprint density at radius 2 is 2.15 bits per heavy atom. The van der Waals surface area contributed by atoms with Gasteiger partial charge in [0.25, 0.3) is 0 Å². The summed E-state index contributed by atoms with van der Waals surface area (Å²) in [5.74, 6) is 1.30. The maximum Gasteiger partial charge on any atom is 0.318 e. The Labute approximate surface area is 154 Å². The zero-order valence-electron chi connectivity index (χ0n) is 15.8. The summed E-state index contributed by atoms with van der Waals surface area (Å²) in [5, 5.41) is 7.08. The normalized spacial score (nSPS) is 15.9. The molecule has 1 heterocycles. The summed E-state index contributed by atoms with van der Waals surface area (Å²) in [4.78, 5) is 19.5. The van der Waals surface area contributed by atoms with E-state index in [2.05, 4.69) is 17.1 Å². The molecule has 0 saturated carbocycles. The lowest BCUT2D eigenvalue weighted by molar-refractivity contribution is 0.0626. The molecule has 1 aliphatic heterocycles. The number of urea groups is 1. The average molecular weight is 361 g/mol. The number of carbonyl (C=O) groups is 1. The molecule has 7 heteroatoms. The monoisotopic (exact) mass is 361 g/mol. The lowest BCUT2D eigenvalue weighted by Gasteiger charge is -2.24. The predicted octanol–water partition coefficient (Wildman–Crippen LogP) is 2.80. The first kappa shape index (κ1) is 19.6. The van der Waals surface area contributed by atoms with E-state index < -0.39 is 0 Å². The molecule has 1 aliphatic rings. The molecule has 0 radical (unpaired) electrons. The summed E-state index contributed by atoms with van der Waals surface area (Å²) in [5.41, 5.74) is 1.73. The van der Waals surface area contributed by atoms with E-state index >= 15 is 0 Å². The Morgan fingerprint density at radius 3 is 2.77 bits per heavy atom. The molecule has 0 fully saturated rings. The fourth-order valence-electron chi connectivity index (χ4n) is 2.69. The number of carbonyl (C=O) groups excluding carboxylic acids is 1. The van der Waals surface area contributed by atoms with Crippen molar-refractivity contribution in [1.82, 2.24) is 10.2 Å².